The molecule has 1 unspecified atom stereocenters. The van der Waals surface area contributed by atoms with Crippen molar-refractivity contribution in [1.29, 1.82) is 0 Å². The number of nitro benzene ring substituents is 1. The van der Waals surface area contributed by atoms with Crippen LogP contribution in [0.3, 0.4) is 0 Å². The summed E-state index contributed by atoms with van der Waals surface area (Å²) >= 11 is 0. The Bertz CT molecular complexity index is 1150. The molecule has 1 aliphatic rings. The zero-order valence-electron chi connectivity index (χ0n) is 15.8. The van der Waals surface area contributed by atoms with Crippen LogP contribution in [-0.2, 0) is 6.54 Å². The fourth-order valence-corrected chi connectivity index (χ4v) is 3.85. The van der Waals surface area contributed by atoms with Crippen molar-refractivity contribution >= 4 is 34.2 Å². The van der Waals surface area contributed by atoms with Crippen molar-refractivity contribution in [3.63, 3.8) is 0 Å². The number of likely N-dealkylation sites (N-methyl/N-ethyl adjacent to an activating group) is 1. The molecule has 2 aromatic carbocycles. The predicted molar refractivity (Wildman–Crippen MR) is 107 cm³/mol. The first-order valence-corrected chi connectivity index (χ1v) is 9.40. The van der Waals surface area contributed by atoms with Crippen LogP contribution in [0.4, 0.5) is 5.69 Å². The Labute approximate surface area is 167 Å². The van der Waals surface area contributed by atoms with Gasteiger partial charge in [0.15, 0.2) is 0 Å². The van der Waals surface area contributed by atoms with Gasteiger partial charge in [0.05, 0.1) is 28.6 Å². The predicted octanol–water partition coefficient (Wildman–Crippen LogP) is 1.47. The van der Waals surface area contributed by atoms with Gasteiger partial charge < -0.3 is 14.8 Å². The highest BCUT2D eigenvalue weighted by Gasteiger charge is 2.28. The van der Waals surface area contributed by atoms with Gasteiger partial charge in [-0.05, 0) is 36.8 Å². The van der Waals surface area contributed by atoms with E-state index in [0.717, 1.165) is 17.7 Å². The summed E-state index contributed by atoms with van der Waals surface area (Å²) in [4.78, 5) is 28.5. The van der Waals surface area contributed by atoms with E-state index in [-0.39, 0.29) is 11.3 Å². The number of fused-ring (bicyclic) bond motifs is 2. The molecule has 146 valence electrons. The largest absolute Gasteiger partial charge is 0.545 e. The van der Waals surface area contributed by atoms with E-state index < -0.39 is 10.9 Å². The number of rotatable bonds is 4. The van der Waals surface area contributed by atoms with Crippen molar-refractivity contribution in [1.82, 2.24) is 4.98 Å². The lowest BCUT2D eigenvalue weighted by Crippen LogP contribution is -3.11. The van der Waals surface area contributed by atoms with Gasteiger partial charge in [-0.2, -0.15) is 0 Å². The molecule has 1 N–H and O–H groups in total. The zero-order chi connectivity index (χ0) is 20.5. The van der Waals surface area contributed by atoms with E-state index in [1.165, 1.54) is 17.0 Å². The van der Waals surface area contributed by atoms with Gasteiger partial charge in [0, 0.05) is 34.2 Å². The number of carbonyl (C=O) groups excluding carboxylic acids is 1. The number of nitrogens with zero attached hydrogens (tertiary/aromatic N) is 2. The summed E-state index contributed by atoms with van der Waals surface area (Å²) in [6.45, 7) is 4.14. The van der Waals surface area contributed by atoms with Crippen LogP contribution >= 0.6 is 0 Å². The molecule has 0 spiro atoms. The van der Waals surface area contributed by atoms with Gasteiger partial charge in [0.2, 0.25) is 0 Å². The number of quaternary nitrogens is 1. The fraction of sp³-hybridized carbons (Fsp3) is 0.182. The van der Waals surface area contributed by atoms with Crippen LogP contribution in [0.15, 0.2) is 48.5 Å². The van der Waals surface area contributed by atoms with Crippen LogP contribution in [0, 0.1) is 10.1 Å². The van der Waals surface area contributed by atoms with Crippen molar-refractivity contribution in [2.24, 2.45) is 0 Å². The highest BCUT2D eigenvalue weighted by Crippen LogP contribution is 2.30. The number of para-hydroxylation sites is 1. The van der Waals surface area contributed by atoms with Crippen LogP contribution in [0.2, 0.25) is 0 Å². The number of nitro groups is 1. The van der Waals surface area contributed by atoms with E-state index in [1.807, 2.05) is 12.1 Å². The molecular weight excluding hydrogens is 370 g/mol. The number of benzene rings is 2. The van der Waals surface area contributed by atoms with Crippen molar-refractivity contribution < 1.29 is 19.7 Å². The van der Waals surface area contributed by atoms with Crippen molar-refractivity contribution in [3.8, 4) is 0 Å². The van der Waals surface area contributed by atoms with Crippen LogP contribution in [0.1, 0.15) is 34.1 Å². The Balaban J connectivity index is 1.91. The van der Waals surface area contributed by atoms with E-state index >= 15 is 0 Å². The number of hydrogen-bond donors (Lipinski definition) is 1. The summed E-state index contributed by atoms with van der Waals surface area (Å²) in [5.74, 6) is -1.20. The second-order valence-corrected chi connectivity index (χ2v) is 7.09. The second-order valence-electron chi connectivity index (χ2n) is 7.09. The number of non-ortho nitro benzene ring substituents is 1. The molecule has 0 radical (unpaired) electrons. The third kappa shape index (κ3) is 3.48. The van der Waals surface area contributed by atoms with Crippen LogP contribution < -0.4 is 10.0 Å². The standard InChI is InChI=1S/C22H19N3O4/c1-2-24-12-15(11-14-7-9-16(10-8-14)25(28)29)21-18(13-24)20(22(26)27)17-5-3-4-6-19(17)23-21/h3-11H,2,12-13H2,1H3,(H,26,27)/b15-11+. The minimum atomic E-state index is -1.20. The van der Waals surface area contributed by atoms with Gasteiger partial charge in [-0.3, -0.25) is 10.1 Å². The van der Waals surface area contributed by atoms with Crippen molar-refractivity contribution in [2.75, 3.05) is 13.1 Å². The molecule has 2 heterocycles. The number of nitrogens with one attached hydrogen (secondary N) is 1. The number of aromatic nitrogens is 1. The lowest BCUT2D eigenvalue weighted by atomic mass is 9.92. The number of carboxylic acids is 1. The van der Waals surface area contributed by atoms with E-state index in [4.69, 9.17) is 4.98 Å². The fourth-order valence-electron chi connectivity index (χ4n) is 3.85. The van der Waals surface area contributed by atoms with Crippen molar-refractivity contribution in [2.45, 2.75) is 13.5 Å². The summed E-state index contributed by atoms with van der Waals surface area (Å²) < 4.78 is 0. The second kappa shape index (κ2) is 7.44. The average Bonchev–Trinajstić information content (AvgIpc) is 2.72. The Morgan fingerprint density at radius 2 is 1.90 bits per heavy atom. The van der Waals surface area contributed by atoms with E-state index in [9.17, 15) is 20.0 Å². The zero-order valence-corrected chi connectivity index (χ0v) is 15.8. The summed E-state index contributed by atoms with van der Waals surface area (Å²) in [5, 5.41) is 23.5. The molecule has 0 aliphatic carbocycles. The maximum Gasteiger partial charge on any atom is 0.269 e. The minimum Gasteiger partial charge on any atom is -0.545 e. The Hall–Kier alpha value is -3.58. The molecule has 29 heavy (non-hydrogen) atoms. The Morgan fingerprint density at radius 3 is 2.55 bits per heavy atom. The van der Waals surface area contributed by atoms with E-state index in [0.29, 0.717) is 35.2 Å². The number of carbonyl (C=O) groups is 1. The summed E-state index contributed by atoms with van der Waals surface area (Å²) in [7, 11) is 0. The van der Waals surface area contributed by atoms with E-state index in [2.05, 4.69) is 6.92 Å². The molecule has 3 aromatic rings. The van der Waals surface area contributed by atoms with Crippen LogP contribution in [0.5, 0.6) is 0 Å². The molecule has 1 aliphatic heterocycles. The van der Waals surface area contributed by atoms with Gasteiger partial charge in [0.25, 0.3) is 5.69 Å². The maximum absolute atomic E-state index is 12.0. The summed E-state index contributed by atoms with van der Waals surface area (Å²) in [6, 6.07) is 13.5. The molecule has 1 aromatic heterocycles. The van der Waals surface area contributed by atoms with Crippen molar-refractivity contribution in [3.05, 3.63) is 81.0 Å². The van der Waals surface area contributed by atoms with Gasteiger partial charge in [-0.25, -0.2) is 4.98 Å². The first-order valence-electron chi connectivity index (χ1n) is 9.40. The number of carboxylic acid groups (broad SMARTS) is 1. The Kier molecular flexibility index (Phi) is 4.82. The van der Waals surface area contributed by atoms with Gasteiger partial charge in [-0.15, -0.1) is 0 Å². The molecule has 0 fully saturated rings. The molecule has 4 rings (SSSR count). The maximum atomic E-state index is 12.0. The lowest BCUT2D eigenvalue weighted by molar-refractivity contribution is -0.905. The first-order chi connectivity index (χ1) is 14.0. The van der Waals surface area contributed by atoms with Crippen LogP contribution in [0.25, 0.3) is 22.6 Å². The summed E-state index contributed by atoms with van der Waals surface area (Å²) in [5.41, 5.74) is 3.90. The molecule has 1 atom stereocenters. The highest BCUT2D eigenvalue weighted by atomic mass is 16.6. The molecule has 7 heteroatoms. The third-order valence-electron chi connectivity index (χ3n) is 5.31. The topological polar surface area (TPSA) is 101 Å². The normalized spacial score (nSPS) is 17.3. The molecule has 0 amide bonds. The molecule has 0 saturated carbocycles. The third-order valence-corrected chi connectivity index (χ3v) is 5.31. The first kappa shape index (κ1) is 18.8. The molecule has 0 saturated heterocycles. The smallest absolute Gasteiger partial charge is 0.269 e. The van der Waals surface area contributed by atoms with E-state index in [1.54, 1.807) is 30.3 Å². The lowest BCUT2D eigenvalue weighted by Gasteiger charge is -2.29. The number of aromatic carboxylic acids is 1. The van der Waals surface area contributed by atoms with Gasteiger partial charge in [-0.1, -0.05) is 18.2 Å². The molecule has 7 nitrogen and oxygen atoms in total. The van der Waals surface area contributed by atoms with Gasteiger partial charge >= 0.3 is 0 Å². The Morgan fingerprint density at radius 1 is 1.17 bits per heavy atom. The van der Waals surface area contributed by atoms with Gasteiger partial charge in [0.1, 0.15) is 13.1 Å². The minimum absolute atomic E-state index is 0.0281. The average molecular weight is 389 g/mol. The number of pyridine rings is 1. The molecular formula is C22H19N3O4. The SMILES string of the molecule is CC[NH+]1C/C(=C\c2ccc([N+](=O)[O-])cc2)c2nc3ccccc3c(C(=O)[O-])c2C1. The quantitative estimate of drug-likeness (QED) is 0.538. The van der Waals surface area contributed by atoms with Crippen LogP contribution in [-0.4, -0.2) is 29.0 Å². The summed E-state index contributed by atoms with van der Waals surface area (Å²) in [6.07, 6.45) is 1.93. The number of hydrogen-bond acceptors (Lipinski definition) is 5. The monoisotopic (exact) mass is 389 g/mol. The molecule has 0 bridgehead atoms. The highest BCUT2D eigenvalue weighted by molar-refractivity contribution is 6.05.